The summed E-state index contributed by atoms with van der Waals surface area (Å²) in [6.07, 6.45) is 2.83. The van der Waals surface area contributed by atoms with Gasteiger partial charge in [-0.25, -0.2) is 0 Å². The predicted octanol–water partition coefficient (Wildman–Crippen LogP) is 2.46. The molecule has 1 aromatic carbocycles. The third-order valence-corrected chi connectivity index (χ3v) is 4.47. The Balaban J connectivity index is 1.79. The Labute approximate surface area is 116 Å². The van der Waals surface area contributed by atoms with E-state index in [2.05, 4.69) is 5.32 Å². The highest BCUT2D eigenvalue weighted by atomic mass is 35.5. The van der Waals surface area contributed by atoms with Crippen LogP contribution in [0.1, 0.15) is 19.3 Å². The van der Waals surface area contributed by atoms with E-state index in [1.54, 1.807) is 0 Å². The Kier molecular flexibility index (Phi) is 4.54. The third kappa shape index (κ3) is 3.40. The zero-order valence-corrected chi connectivity index (χ0v) is 11.6. The number of hydrogen-bond donors (Lipinski definition) is 2. The maximum atomic E-state index is 11.8. The second-order valence-electron chi connectivity index (χ2n) is 4.58. The number of amides is 1. The zero-order chi connectivity index (χ0) is 13.0. The summed E-state index contributed by atoms with van der Waals surface area (Å²) < 4.78 is 0. The van der Waals surface area contributed by atoms with Crippen molar-refractivity contribution in [3.05, 3.63) is 29.3 Å². The van der Waals surface area contributed by atoms with Crippen LogP contribution in [0.15, 0.2) is 29.2 Å². The Bertz CT molecular complexity index is 412. The quantitative estimate of drug-likeness (QED) is 0.817. The highest BCUT2D eigenvalue weighted by Crippen LogP contribution is 2.31. The van der Waals surface area contributed by atoms with E-state index in [1.165, 1.54) is 11.8 Å². The van der Waals surface area contributed by atoms with Crippen molar-refractivity contribution >= 4 is 29.3 Å². The molecule has 1 fully saturated rings. The van der Waals surface area contributed by atoms with Crippen LogP contribution in [0.2, 0.25) is 5.02 Å². The molecular formula is C13H16ClNO2S. The first-order valence-corrected chi connectivity index (χ1v) is 7.30. The Hall–Kier alpha value is -0.710. The SMILES string of the molecule is O=C(CSc1ccc(Cl)cc1)NC1(CO)CCC1. The molecular weight excluding hydrogens is 270 g/mol. The molecule has 1 aromatic rings. The molecule has 1 amide bonds. The van der Waals surface area contributed by atoms with Crippen molar-refractivity contribution in [2.24, 2.45) is 0 Å². The summed E-state index contributed by atoms with van der Waals surface area (Å²) in [6.45, 7) is 0.0321. The fraction of sp³-hybridized carbons (Fsp3) is 0.462. The summed E-state index contributed by atoms with van der Waals surface area (Å²) in [5, 5.41) is 12.9. The van der Waals surface area contributed by atoms with Crippen molar-refractivity contribution in [1.29, 1.82) is 0 Å². The van der Waals surface area contributed by atoms with Crippen LogP contribution >= 0.6 is 23.4 Å². The summed E-state index contributed by atoms with van der Waals surface area (Å²) in [5.41, 5.74) is -0.350. The van der Waals surface area contributed by atoms with Crippen LogP contribution in [-0.2, 0) is 4.79 Å². The van der Waals surface area contributed by atoms with Gasteiger partial charge in [0.15, 0.2) is 0 Å². The van der Waals surface area contributed by atoms with Gasteiger partial charge in [0.05, 0.1) is 17.9 Å². The molecule has 0 spiro atoms. The number of rotatable bonds is 5. The van der Waals surface area contributed by atoms with Gasteiger partial charge in [-0.3, -0.25) is 4.79 Å². The Morgan fingerprint density at radius 2 is 2.06 bits per heavy atom. The first kappa shape index (κ1) is 13.7. The summed E-state index contributed by atoms with van der Waals surface area (Å²) in [4.78, 5) is 12.8. The third-order valence-electron chi connectivity index (χ3n) is 3.20. The standard InChI is InChI=1S/C13H16ClNO2S/c14-10-2-4-11(5-3-10)18-8-12(17)15-13(9-16)6-1-7-13/h2-5,16H,1,6-9H2,(H,15,17). The van der Waals surface area contributed by atoms with Crippen LogP contribution in [-0.4, -0.2) is 28.9 Å². The minimum atomic E-state index is -0.350. The fourth-order valence-electron chi connectivity index (χ4n) is 1.94. The molecule has 1 aliphatic rings. The van der Waals surface area contributed by atoms with Gasteiger partial charge in [0.25, 0.3) is 0 Å². The molecule has 0 heterocycles. The van der Waals surface area contributed by atoms with Gasteiger partial charge in [0.2, 0.25) is 5.91 Å². The lowest BCUT2D eigenvalue weighted by molar-refractivity contribution is -0.122. The van der Waals surface area contributed by atoms with Gasteiger partial charge in [-0.1, -0.05) is 11.6 Å². The molecule has 18 heavy (non-hydrogen) atoms. The van der Waals surface area contributed by atoms with E-state index < -0.39 is 0 Å². The predicted molar refractivity (Wildman–Crippen MR) is 74.0 cm³/mol. The van der Waals surface area contributed by atoms with Crippen LogP contribution in [0.5, 0.6) is 0 Å². The molecule has 0 aromatic heterocycles. The number of hydrogen-bond acceptors (Lipinski definition) is 3. The van der Waals surface area contributed by atoms with Crippen molar-refractivity contribution in [1.82, 2.24) is 5.32 Å². The van der Waals surface area contributed by atoms with Crippen LogP contribution in [0, 0.1) is 0 Å². The van der Waals surface area contributed by atoms with Crippen molar-refractivity contribution in [2.45, 2.75) is 29.7 Å². The Morgan fingerprint density at radius 3 is 2.56 bits per heavy atom. The van der Waals surface area contributed by atoms with Gasteiger partial charge >= 0.3 is 0 Å². The lowest BCUT2D eigenvalue weighted by atomic mass is 9.77. The van der Waals surface area contributed by atoms with Crippen LogP contribution < -0.4 is 5.32 Å². The van der Waals surface area contributed by atoms with Gasteiger partial charge in [0.1, 0.15) is 0 Å². The minimum absolute atomic E-state index is 0.0244. The topological polar surface area (TPSA) is 49.3 Å². The van der Waals surface area contributed by atoms with Crippen LogP contribution in [0.25, 0.3) is 0 Å². The summed E-state index contributed by atoms with van der Waals surface area (Å²) in [7, 11) is 0. The van der Waals surface area contributed by atoms with Gasteiger partial charge in [-0.05, 0) is 43.5 Å². The van der Waals surface area contributed by atoms with Gasteiger partial charge < -0.3 is 10.4 Å². The van der Waals surface area contributed by atoms with E-state index in [-0.39, 0.29) is 18.1 Å². The molecule has 3 nitrogen and oxygen atoms in total. The van der Waals surface area contributed by atoms with Gasteiger partial charge in [-0.15, -0.1) is 11.8 Å². The maximum Gasteiger partial charge on any atom is 0.230 e. The van der Waals surface area contributed by atoms with Crippen molar-refractivity contribution in [3.8, 4) is 0 Å². The summed E-state index contributed by atoms with van der Waals surface area (Å²) in [6, 6.07) is 7.41. The number of carbonyl (C=O) groups excluding carboxylic acids is 1. The van der Waals surface area contributed by atoms with E-state index in [0.717, 1.165) is 24.2 Å². The second-order valence-corrected chi connectivity index (χ2v) is 6.07. The van der Waals surface area contributed by atoms with Crippen molar-refractivity contribution < 1.29 is 9.90 Å². The van der Waals surface area contributed by atoms with E-state index >= 15 is 0 Å². The molecule has 0 aliphatic heterocycles. The molecule has 0 unspecified atom stereocenters. The number of aliphatic hydroxyl groups is 1. The number of carbonyl (C=O) groups is 1. The maximum absolute atomic E-state index is 11.8. The first-order valence-electron chi connectivity index (χ1n) is 5.94. The minimum Gasteiger partial charge on any atom is -0.394 e. The number of benzene rings is 1. The molecule has 1 saturated carbocycles. The smallest absolute Gasteiger partial charge is 0.230 e. The highest BCUT2D eigenvalue weighted by Gasteiger charge is 2.37. The van der Waals surface area contributed by atoms with E-state index in [0.29, 0.717) is 10.8 Å². The molecule has 0 atom stereocenters. The lowest BCUT2D eigenvalue weighted by Crippen LogP contribution is -2.56. The molecule has 0 radical (unpaired) electrons. The first-order chi connectivity index (χ1) is 8.63. The number of thioether (sulfide) groups is 1. The molecule has 0 bridgehead atoms. The van der Waals surface area contributed by atoms with Gasteiger partial charge in [-0.2, -0.15) is 0 Å². The molecule has 98 valence electrons. The second kappa shape index (κ2) is 5.95. The van der Waals surface area contributed by atoms with Crippen LogP contribution in [0.3, 0.4) is 0 Å². The average molecular weight is 286 g/mol. The molecule has 0 saturated heterocycles. The largest absolute Gasteiger partial charge is 0.394 e. The molecule has 2 N–H and O–H groups in total. The van der Waals surface area contributed by atoms with E-state index in [9.17, 15) is 9.90 Å². The normalized spacial score (nSPS) is 17.0. The summed E-state index contributed by atoms with van der Waals surface area (Å²) >= 11 is 7.26. The van der Waals surface area contributed by atoms with E-state index in [4.69, 9.17) is 11.6 Å². The zero-order valence-electron chi connectivity index (χ0n) is 9.99. The lowest BCUT2D eigenvalue weighted by Gasteiger charge is -2.40. The highest BCUT2D eigenvalue weighted by molar-refractivity contribution is 8.00. The fourth-order valence-corrected chi connectivity index (χ4v) is 2.76. The molecule has 2 rings (SSSR count). The number of aliphatic hydroxyl groups excluding tert-OH is 1. The van der Waals surface area contributed by atoms with Crippen LogP contribution in [0.4, 0.5) is 0 Å². The number of halogens is 1. The molecule has 1 aliphatic carbocycles. The average Bonchev–Trinajstić information content (AvgIpc) is 2.33. The molecule has 5 heteroatoms. The van der Waals surface area contributed by atoms with Crippen molar-refractivity contribution in [2.75, 3.05) is 12.4 Å². The van der Waals surface area contributed by atoms with Crippen molar-refractivity contribution in [3.63, 3.8) is 0 Å². The number of nitrogens with one attached hydrogen (secondary N) is 1. The van der Waals surface area contributed by atoms with Gasteiger partial charge in [0, 0.05) is 9.92 Å². The monoisotopic (exact) mass is 285 g/mol. The summed E-state index contributed by atoms with van der Waals surface area (Å²) in [5.74, 6) is 0.340. The van der Waals surface area contributed by atoms with E-state index in [1.807, 2.05) is 24.3 Å². The Morgan fingerprint density at radius 1 is 1.39 bits per heavy atom.